The molecule has 0 amide bonds. The summed E-state index contributed by atoms with van der Waals surface area (Å²) in [5.41, 5.74) is 2.20. The van der Waals surface area contributed by atoms with Gasteiger partial charge in [-0.2, -0.15) is 0 Å². The maximum absolute atomic E-state index is 8.73. The Labute approximate surface area is 107 Å². The molecule has 2 N–H and O–H groups in total. The van der Waals surface area contributed by atoms with Crippen molar-refractivity contribution in [1.29, 1.82) is 0 Å². The van der Waals surface area contributed by atoms with Crippen molar-refractivity contribution in [3.8, 4) is 11.3 Å². The number of H-pyrrole nitrogens is 1. The van der Waals surface area contributed by atoms with Gasteiger partial charge in [-0.1, -0.05) is 12.1 Å². The molecule has 0 saturated heterocycles. The van der Waals surface area contributed by atoms with Crippen molar-refractivity contribution in [3.63, 3.8) is 0 Å². The summed E-state index contributed by atoms with van der Waals surface area (Å²) in [5.74, 6) is 0.736. The number of aromatic amines is 1. The largest absolute Gasteiger partial charge is 0.396 e. The first-order chi connectivity index (χ1) is 7.79. The van der Waals surface area contributed by atoms with Gasteiger partial charge >= 0.3 is 0 Å². The van der Waals surface area contributed by atoms with Gasteiger partial charge < -0.3 is 10.1 Å². The first kappa shape index (κ1) is 11.9. The zero-order chi connectivity index (χ0) is 11.4. The van der Waals surface area contributed by atoms with E-state index < -0.39 is 0 Å². The van der Waals surface area contributed by atoms with Gasteiger partial charge in [-0.05, 0) is 29.9 Å². The second kappa shape index (κ2) is 5.63. The van der Waals surface area contributed by atoms with Crippen molar-refractivity contribution in [2.24, 2.45) is 0 Å². The molecule has 0 saturated carbocycles. The third-order valence-corrected chi connectivity index (χ3v) is 4.10. The Morgan fingerprint density at radius 1 is 1.31 bits per heavy atom. The summed E-state index contributed by atoms with van der Waals surface area (Å²) in [4.78, 5) is 4.31. The van der Waals surface area contributed by atoms with Gasteiger partial charge in [0.15, 0.2) is 3.95 Å². The lowest BCUT2D eigenvalue weighted by Crippen LogP contribution is -1.85. The van der Waals surface area contributed by atoms with E-state index in [4.69, 9.17) is 17.3 Å². The van der Waals surface area contributed by atoms with Crippen molar-refractivity contribution in [1.82, 2.24) is 4.98 Å². The van der Waals surface area contributed by atoms with Crippen LogP contribution in [0.5, 0.6) is 0 Å². The minimum Gasteiger partial charge on any atom is -0.396 e. The standard InChI is InChI=1S/C11H11NOS3/c13-5-6-15-9-3-1-8(2-4-9)10-7-16-11(14)12-10/h1-4,7,13H,5-6H2,(H,12,14). The number of thiazole rings is 1. The molecule has 1 heterocycles. The van der Waals surface area contributed by atoms with E-state index in [0.29, 0.717) is 0 Å². The van der Waals surface area contributed by atoms with Crippen molar-refractivity contribution in [2.75, 3.05) is 12.4 Å². The lowest BCUT2D eigenvalue weighted by Gasteiger charge is -2.01. The second-order valence-electron chi connectivity index (χ2n) is 3.16. The molecule has 0 radical (unpaired) electrons. The van der Waals surface area contributed by atoms with E-state index in [1.54, 1.807) is 11.8 Å². The number of benzene rings is 1. The van der Waals surface area contributed by atoms with Crippen LogP contribution in [0.4, 0.5) is 0 Å². The monoisotopic (exact) mass is 269 g/mol. The minimum absolute atomic E-state index is 0.212. The lowest BCUT2D eigenvalue weighted by atomic mass is 10.2. The van der Waals surface area contributed by atoms with Gasteiger partial charge in [0.05, 0.1) is 12.3 Å². The molecule has 1 aromatic heterocycles. The molecule has 0 aliphatic rings. The molecule has 5 heteroatoms. The van der Waals surface area contributed by atoms with Crippen LogP contribution in [0.15, 0.2) is 34.5 Å². The molecular weight excluding hydrogens is 258 g/mol. The summed E-state index contributed by atoms with van der Waals surface area (Å²) in [6.07, 6.45) is 0. The van der Waals surface area contributed by atoms with Gasteiger partial charge in [-0.3, -0.25) is 0 Å². The predicted octanol–water partition coefficient (Wildman–Crippen LogP) is 3.56. The zero-order valence-electron chi connectivity index (χ0n) is 8.47. The third-order valence-electron chi connectivity index (χ3n) is 2.05. The maximum Gasteiger partial charge on any atom is 0.158 e. The quantitative estimate of drug-likeness (QED) is 0.658. The Morgan fingerprint density at radius 2 is 2.06 bits per heavy atom. The van der Waals surface area contributed by atoms with Crippen LogP contribution in [0.1, 0.15) is 0 Å². The molecule has 1 aromatic carbocycles. The first-order valence-electron chi connectivity index (χ1n) is 4.81. The Balaban J connectivity index is 2.16. The van der Waals surface area contributed by atoms with E-state index in [-0.39, 0.29) is 6.61 Å². The van der Waals surface area contributed by atoms with Crippen molar-refractivity contribution >= 4 is 35.3 Å². The molecule has 16 heavy (non-hydrogen) atoms. The SMILES string of the molecule is OCCSc1ccc(-c2csc(=S)[nH]2)cc1. The van der Waals surface area contributed by atoms with E-state index in [2.05, 4.69) is 29.2 Å². The van der Waals surface area contributed by atoms with Gasteiger partial charge in [0, 0.05) is 16.0 Å². The van der Waals surface area contributed by atoms with E-state index >= 15 is 0 Å². The fourth-order valence-corrected chi connectivity index (χ4v) is 2.81. The third kappa shape index (κ3) is 2.95. The number of nitrogens with one attached hydrogen (secondary N) is 1. The number of aliphatic hydroxyl groups is 1. The van der Waals surface area contributed by atoms with Crippen molar-refractivity contribution in [2.45, 2.75) is 4.90 Å². The lowest BCUT2D eigenvalue weighted by molar-refractivity contribution is 0.322. The summed E-state index contributed by atoms with van der Waals surface area (Å²) >= 11 is 8.24. The Bertz CT molecular complexity index is 500. The predicted molar refractivity (Wildman–Crippen MR) is 72.7 cm³/mol. The number of aromatic nitrogens is 1. The number of hydrogen-bond donors (Lipinski definition) is 2. The van der Waals surface area contributed by atoms with Crippen LogP contribution >= 0.6 is 35.3 Å². The van der Waals surface area contributed by atoms with Crippen molar-refractivity contribution < 1.29 is 5.11 Å². The summed E-state index contributed by atoms with van der Waals surface area (Å²) in [5, 5.41) is 10.8. The molecule has 0 atom stereocenters. The summed E-state index contributed by atoms with van der Waals surface area (Å²) < 4.78 is 0.800. The number of rotatable bonds is 4. The zero-order valence-corrected chi connectivity index (χ0v) is 10.9. The molecule has 84 valence electrons. The van der Waals surface area contributed by atoms with Gasteiger partial charge in [-0.15, -0.1) is 23.1 Å². The summed E-state index contributed by atoms with van der Waals surface area (Å²) in [6.45, 7) is 0.212. The highest BCUT2D eigenvalue weighted by Crippen LogP contribution is 2.24. The Hall–Kier alpha value is -0.620. The average Bonchev–Trinajstić information content (AvgIpc) is 2.74. The molecule has 0 fully saturated rings. The maximum atomic E-state index is 8.73. The number of hydrogen-bond acceptors (Lipinski definition) is 4. The van der Waals surface area contributed by atoms with Gasteiger partial charge in [-0.25, -0.2) is 0 Å². The minimum atomic E-state index is 0.212. The second-order valence-corrected chi connectivity index (χ2v) is 5.87. The van der Waals surface area contributed by atoms with Crippen LogP contribution in [-0.4, -0.2) is 22.5 Å². The first-order valence-corrected chi connectivity index (χ1v) is 7.09. The van der Waals surface area contributed by atoms with E-state index in [1.807, 2.05) is 5.38 Å². The van der Waals surface area contributed by atoms with Crippen LogP contribution < -0.4 is 0 Å². The summed E-state index contributed by atoms with van der Waals surface area (Å²) in [6, 6.07) is 8.24. The normalized spacial score (nSPS) is 10.6. The average molecular weight is 269 g/mol. The molecule has 2 rings (SSSR count). The number of thioether (sulfide) groups is 1. The fourth-order valence-electron chi connectivity index (χ4n) is 1.32. The van der Waals surface area contributed by atoms with Crippen LogP contribution in [-0.2, 0) is 0 Å². The molecule has 2 nitrogen and oxygen atoms in total. The van der Waals surface area contributed by atoms with E-state index in [1.165, 1.54) is 16.2 Å². The van der Waals surface area contributed by atoms with Gasteiger partial charge in [0.1, 0.15) is 0 Å². The van der Waals surface area contributed by atoms with Crippen LogP contribution in [0.3, 0.4) is 0 Å². The Kier molecular flexibility index (Phi) is 4.17. The number of aliphatic hydroxyl groups excluding tert-OH is 1. The van der Waals surface area contributed by atoms with Crippen molar-refractivity contribution in [3.05, 3.63) is 33.6 Å². The molecule has 0 bridgehead atoms. The van der Waals surface area contributed by atoms with Crippen LogP contribution in [0.25, 0.3) is 11.3 Å². The van der Waals surface area contributed by atoms with E-state index in [9.17, 15) is 0 Å². The summed E-state index contributed by atoms with van der Waals surface area (Å²) in [7, 11) is 0. The molecular formula is C11H11NOS3. The topological polar surface area (TPSA) is 36.0 Å². The highest BCUT2D eigenvalue weighted by molar-refractivity contribution is 7.99. The van der Waals surface area contributed by atoms with Gasteiger partial charge in [0.2, 0.25) is 0 Å². The Morgan fingerprint density at radius 3 is 2.62 bits per heavy atom. The van der Waals surface area contributed by atoms with Crippen LogP contribution in [0.2, 0.25) is 0 Å². The molecule has 0 aliphatic heterocycles. The molecule has 2 aromatic rings. The molecule has 0 aliphatic carbocycles. The fraction of sp³-hybridized carbons (Fsp3) is 0.182. The van der Waals surface area contributed by atoms with Crippen LogP contribution in [0, 0.1) is 3.95 Å². The highest BCUT2D eigenvalue weighted by atomic mass is 32.2. The van der Waals surface area contributed by atoms with Gasteiger partial charge in [0.25, 0.3) is 0 Å². The highest BCUT2D eigenvalue weighted by Gasteiger charge is 1.99. The smallest absolute Gasteiger partial charge is 0.158 e. The molecule has 0 spiro atoms. The van der Waals surface area contributed by atoms with E-state index in [0.717, 1.165) is 21.0 Å². The molecule has 0 unspecified atom stereocenters.